The van der Waals surface area contributed by atoms with Crippen LogP contribution in [-0.4, -0.2) is 75.9 Å². The molecule has 5 atom stereocenters. The molecule has 18 heavy (non-hydrogen) atoms. The Morgan fingerprint density at radius 3 is 2.28 bits per heavy atom. The summed E-state index contributed by atoms with van der Waals surface area (Å²) < 4.78 is 5.64. The third-order valence-electron chi connectivity index (χ3n) is 2.61. The molecule has 0 aromatic heterocycles. The molecule has 0 aromatic rings. The van der Waals surface area contributed by atoms with Gasteiger partial charge < -0.3 is 25.0 Å². The van der Waals surface area contributed by atoms with Crippen molar-refractivity contribution in [2.75, 3.05) is 20.6 Å². The summed E-state index contributed by atoms with van der Waals surface area (Å²) in [7, 11) is 3.79. The highest BCUT2D eigenvalue weighted by atomic mass is 32.2. The van der Waals surface area contributed by atoms with Gasteiger partial charge in [0.15, 0.2) is 5.17 Å². The number of hydrogen-bond donors (Lipinski definition) is 3. The van der Waals surface area contributed by atoms with Crippen LogP contribution < -0.4 is 0 Å². The number of hydrogen-bond acceptors (Lipinski definition) is 7. The number of thioether (sulfide) groups is 1. The van der Waals surface area contributed by atoms with Crippen LogP contribution in [0.5, 0.6) is 0 Å². The van der Waals surface area contributed by atoms with E-state index in [4.69, 9.17) is 4.74 Å². The van der Waals surface area contributed by atoms with Gasteiger partial charge in [-0.2, -0.15) is 0 Å². The van der Waals surface area contributed by atoms with E-state index in [1.165, 1.54) is 25.6 Å². The van der Waals surface area contributed by atoms with Gasteiger partial charge in [-0.15, -0.1) is 0 Å². The van der Waals surface area contributed by atoms with E-state index in [0.717, 1.165) is 5.17 Å². The molecule has 0 amide bonds. The van der Waals surface area contributed by atoms with Crippen LogP contribution in [0.1, 0.15) is 13.8 Å². The van der Waals surface area contributed by atoms with Crippen molar-refractivity contribution in [3.8, 4) is 0 Å². The van der Waals surface area contributed by atoms with E-state index in [-0.39, 0.29) is 5.44 Å². The van der Waals surface area contributed by atoms with Crippen molar-refractivity contribution in [1.82, 2.24) is 4.90 Å². The molecule has 0 unspecified atom stereocenters. The predicted molar refractivity (Wildman–Crippen MR) is 71.6 cm³/mol. The van der Waals surface area contributed by atoms with Crippen LogP contribution in [0.4, 0.5) is 0 Å². The number of amidine groups is 1. The van der Waals surface area contributed by atoms with Gasteiger partial charge in [-0.1, -0.05) is 11.8 Å². The zero-order chi connectivity index (χ0) is 13.9. The first kappa shape index (κ1) is 15.7. The summed E-state index contributed by atoms with van der Waals surface area (Å²) >= 11 is 1.44. The fraction of sp³-hybridized carbons (Fsp3) is 0.909. The Kier molecular flexibility index (Phi) is 5.87. The van der Waals surface area contributed by atoms with E-state index >= 15 is 0 Å². The molecule has 0 aromatic carbocycles. The van der Waals surface area contributed by atoms with Gasteiger partial charge in [0.1, 0.15) is 17.6 Å². The molecule has 6 nitrogen and oxygen atoms in total. The zero-order valence-corrected chi connectivity index (χ0v) is 12.0. The number of aliphatic imine (C=N–C) groups is 1. The monoisotopic (exact) mass is 278 g/mol. The molecular weight excluding hydrogens is 256 g/mol. The van der Waals surface area contributed by atoms with Crippen molar-refractivity contribution in [2.24, 2.45) is 4.99 Å². The number of aliphatic hydroxyl groups excluding tert-OH is 3. The average molecular weight is 278 g/mol. The van der Waals surface area contributed by atoms with Gasteiger partial charge in [0.05, 0.1) is 18.8 Å². The second-order valence-electron chi connectivity index (χ2n) is 4.64. The Hall–Kier alpha value is -0.340. The van der Waals surface area contributed by atoms with Crippen molar-refractivity contribution in [1.29, 1.82) is 0 Å². The topological polar surface area (TPSA) is 85.5 Å². The first-order valence-electron chi connectivity index (χ1n) is 5.91. The SMILES string of the molecule is C[C@H](O)[C@@H](O[C@H]1CN=C(N(C)C)S1)[C@@H](O)[C@@H](C)O. The molecule has 0 fully saturated rings. The average Bonchev–Trinajstić information content (AvgIpc) is 2.72. The summed E-state index contributed by atoms with van der Waals surface area (Å²) in [5.74, 6) is 0. The van der Waals surface area contributed by atoms with Crippen LogP contribution >= 0.6 is 11.8 Å². The minimum Gasteiger partial charge on any atom is -0.391 e. The van der Waals surface area contributed by atoms with Gasteiger partial charge in [-0.05, 0) is 13.8 Å². The molecule has 1 aliphatic heterocycles. The molecule has 0 aliphatic carbocycles. The molecule has 0 bridgehead atoms. The molecule has 3 N–H and O–H groups in total. The van der Waals surface area contributed by atoms with Gasteiger partial charge in [-0.3, -0.25) is 4.99 Å². The van der Waals surface area contributed by atoms with Crippen LogP contribution in [0, 0.1) is 0 Å². The largest absolute Gasteiger partial charge is 0.391 e. The Morgan fingerprint density at radius 1 is 1.28 bits per heavy atom. The first-order chi connectivity index (χ1) is 8.32. The number of rotatable bonds is 5. The van der Waals surface area contributed by atoms with E-state index in [2.05, 4.69) is 4.99 Å². The highest BCUT2D eigenvalue weighted by Crippen LogP contribution is 2.26. The fourth-order valence-corrected chi connectivity index (χ4v) is 2.52. The summed E-state index contributed by atoms with van der Waals surface area (Å²) in [4.78, 5) is 6.17. The molecule has 7 heteroatoms. The van der Waals surface area contributed by atoms with Gasteiger partial charge >= 0.3 is 0 Å². The minimum atomic E-state index is -1.12. The van der Waals surface area contributed by atoms with E-state index in [1.54, 1.807) is 0 Å². The smallest absolute Gasteiger partial charge is 0.161 e. The Labute approximate surface area is 112 Å². The lowest BCUT2D eigenvalue weighted by Crippen LogP contribution is -2.45. The number of aliphatic hydroxyl groups is 3. The van der Waals surface area contributed by atoms with Gasteiger partial charge in [0, 0.05) is 14.1 Å². The minimum absolute atomic E-state index is 0.240. The Morgan fingerprint density at radius 2 is 1.89 bits per heavy atom. The molecule has 0 spiro atoms. The van der Waals surface area contributed by atoms with Crippen molar-refractivity contribution in [3.05, 3.63) is 0 Å². The fourth-order valence-electron chi connectivity index (χ4n) is 1.59. The van der Waals surface area contributed by atoms with Gasteiger partial charge in [-0.25, -0.2) is 0 Å². The normalized spacial score (nSPS) is 26.4. The molecule has 1 rings (SSSR count). The first-order valence-corrected chi connectivity index (χ1v) is 6.79. The van der Waals surface area contributed by atoms with Crippen molar-refractivity contribution >= 4 is 16.9 Å². The molecular formula is C11H22N2O4S. The van der Waals surface area contributed by atoms with Crippen molar-refractivity contribution < 1.29 is 20.1 Å². The summed E-state index contributed by atoms with van der Waals surface area (Å²) in [6, 6.07) is 0. The zero-order valence-electron chi connectivity index (χ0n) is 11.1. The van der Waals surface area contributed by atoms with Gasteiger partial charge in [0.2, 0.25) is 0 Å². The van der Waals surface area contributed by atoms with E-state index < -0.39 is 24.4 Å². The quantitative estimate of drug-likeness (QED) is 0.628. The maximum absolute atomic E-state index is 9.80. The molecule has 0 saturated carbocycles. The van der Waals surface area contributed by atoms with Crippen molar-refractivity contribution in [2.45, 2.75) is 43.7 Å². The summed E-state index contributed by atoms with van der Waals surface area (Å²) in [5.41, 5.74) is -0.240. The highest BCUT2D eigenvalue weighted by Gasteiger charge is 2.33. The number of ether oxygens (including phenoxy) is 1. The third-order valence-corrected chi connectivity index (χ3v) is 3.84. The number of nitrogens with zero attached hydrogens (tertiary/aromatic N) is 2. The predicted octanol–water partition coefficient (Wildman–Crippen LogP) is -0.515. The molecule has 106 valence electrons. The molecule has 0 radical (unpaired) electrons. The van der Waals surface area contributed by atoms with E-state index in [0.29, 0.717) is 6.54 Å². The lowest BCUT2D eigenvalue weighted by atomic mass is 10.1. The van der Waals surface area contributed by atoms with Crippen LogP contribution in [0.15, 0.2) is 4.99 Å². The third kappa shape index (κ3) is 4.10. The van der Waals surface area contributed by atoms with Crippen LogP contribution in [0.25, 0.3) is 0 Å². The van der Waals surface area contributed by atoms with Crippen LogP contribution in [-0.2, 0) is 4.74 Å². The molecule has 1 heterocycles. The second-order valence-corrected chi connectivity index (χ2v) is 5.76. The summed E-state index contributed by atoms with van der Waals surface area (Å²) in [5, 5.41) is 29.6. The van der Waals surface area contributed by atoms with Crippen molar-refractivity contribution in [3.63, 3.8) is 0 Å². The Bertz CT molecular complexity index is 297. The lowest BCUT2D eigenvalue weighted by Gasteiger charge is -2.29. The molecule has 0 saturated heterocycles. The standard InChI is InChI=1S/C11H22N2O4S/c1-6(14)9(16)10(7(2)15)17-8-5-12-11(18-8)13(3)4/h6-10,14-16H,5H2,1-4H3/t6-,7+,8-,9+,10-/m1/s1. The van der Waals surface area contributed by atoms with Gasteiger partial charge in [0.25, 0.3) is 0 Å². The van der Waals surface area contributed by atoms with E-state index in [9.17, 15) is 15.3 Å². The maximum Gasteiger partial charge on any atom is 0.161 e. The highest BCUT2D eigenvalue weighted by molar-refractivity contribution is 8.14. The summed E-state index contributed by atoms with van der Waals surface area (Å²) in [6.07, 6.45) is -3.75. The molecule has 1 aliphatic rings. The van der Waals surface area contributed by atoms with Crippen LogP contribution in [0.3, 0.4) is 0 Å². The van der Waals surface area contributed by atoms with Crippen LogP contribution in [0.2, 0.25) is 0 Å². The maximum atomic E-state index is 9.80. The summed E-state index contributed by atoms with van der Waals surface area (Å²) in [6.45, 7) is 3.48. The van der Waals surface area contributed by atoms with E-state index in [1.807, 2.05) is 19.0 Å². The lowest BCUT2D eigenvalue weighted by molar-refractivity contribution is -0.130. The Balaban J connectivity index is 2.54. The second kappa shape index (κ2) is 6.72.